The van der Waals surface area contributed by atoms with Crippen LogP contribution in [0.2, 0.25) is 0 Å². The average Bonchev–Trinajstić information content (AvgIpc) is 2.89. The van der Waals surface area contributed by atoms with Gasteiger partial charge in [-0.2, -0.15) is 9.61 Å². The van der Waals surface area contributed by atoms with Gasteiger partial charge in [0.1, 0.15) is 11.3 Å². The lowest BCUT2D eigenvalue weighted by Crippen LogP contribution is -2.28. The van der Waals surface area contributed by atoms with Crippen LogP contribution in [0.1, 0.15) is 18.4 Å². The summed E-state index contributed by atoms with van der Waals surface area (Å²) in [5.74, 6) is 0. The van der Waals surface area contributed by atoms with Gasteiger partial charge in [-0.05, 0) is 18.5 Å². The standard InChI is InChI=1S/C10H13N5S/c1-2-14-5-3-8(4-6-14)9-13-15-7-11-12-10(15)16-9/h3,7H,2,4-6H2,1H3. The van der Waals surface area contributed by atoms with E-state index in [0.717, 1.165) is 36.0 Å². The van der Waals surface area contributed by atoms with Crippen LogP contribution >= 0.6 is 11.3 Å². The number of hydrogen-bond acceptors (Lipinski definition) is 5. The number of aromatic nitrogens is 4. The quantitative estimate of drug-likeness (QED) is 0.787. The molecule has 0 amide bonds. The fraction of sp³-hybridized carbons (Fsp3) is 0.500. The molecule has 0 bridgehead atoms. The third-order valence-electron chi connectivity index (χ3n) is 2.90. The van der Waals surface area contributed by atoms with Gasteiger partial charge >= 0.3 is 0 Å². The predicted molar refractivity (Wildman–Crippen MR) is 63.4 cm³/mol. The van der Waals surface area contributed by atoms with E-state index < -0.39 is 0 Å². The number of fused-ring (bicyclic) bond motifs is 1. The fourth-order valence-electron chi connectivity index (χ4n) is 1.88. The largest absolute Gasteiger partial charge is 0.300 e. The summed E-state index contributed by atoms with van der Waals surface area (Å²) in [6.07, 6.45) is 5.01. The molecule has 0 radical (unpaired) electrons. The lowest BCUT2D eigenvalue weighted by molar-refractivity contribution is 0.318. The summed E-state index contributed by atoms with van der Waals surface area (Å²) in [6, 6.07) is 0. The Balaban J connectivity index is 1.88. The normalized spacial score (nSPS) is 17.9. The van der Waals surface area contributed by atoms with E-state index in [1.807, 2.05) is 0 Å². The van der Waals surface area contributed by atoms with Crippen molar-refractivity contribution in [2.45, 2.75) is 13.3 Å². The zero-order valence-corrected chi connectivity index (χ0v) is 9.94. The molecule has 0 atom stereocenters. The molecule has 6 heteroatoms. The zero-order chi connectivity index (χ0) is 11.0. The zero-order valence-electron chi connectivity index (χ0n) is 9.13. The molecule has 1 aliphatic rings. The molecule has 2 aromatic rings. The van der Waals surface area contributed by atoms with Crippen molar-refractivity contribution >= 4 is 21.9 Å². The molecule has 84 valence electrons. The van der Waals surface area contributed by atoms with E-state index in [4.69, 9.17) is 0 Å². The van der Waals surface area contributed by atoms with Gasteiger partial charge in [-0.1, -0.05) is 24.3 Å². The first-order valence-corrected chi connectivity index (χ1v) is 6.27. The Bertz CT molecular complexity index is 498. The molecule has 0 aliphatic carbocycles. The predicted octanol–water partition coefficient (Wildman–Crippen LogP) is 1.29. The molecule has 0 aromatic carbocycles. The van der Waals surface area contributed by atoms with Crippen LogP contribution in [0.4, 0.5) is 0 Å². The first-order chi connectivity index (χ1) is 7.86. The van der Waals surface area contributed by atoms with Crippen molar-refractivity contribution in [2.75, 3.05) is 19.6 Å². The number of likely N-dealkylation sites (N-methyl/N-ethyl adjacent to an activating group) is 1. The van der Waals surface area contributed by atoms with Crippen molar-refractivity contribution in [3.8, 4) is 0 Å². The molecule has 2 aromatic heterocycles. The second-order valence-electron chi connectivity index (χ2n) is 3.84. The Morgan fingerprint density at radius 1 is 1.50 bits per heavy atom. The van der Waals surface area contributed by atoms with Crippen molar-refractivity contribution in [2.24, 2.45) is 0 Å². The Morgan fingerprint density at radius 3 is 3.12 bits per heavy atom. The summed E-state index contributed by atoms with van der Waals surface area (Å²) >= 11 is 1.61. The number of hydrogen-bond donors (Lipinski definition) is 0. The van der Waals surface area contributed by atoms with E-state index in [0.29, 0.717) is 0 Å². The van der Waals surface area contributed by atoms with Crippen LogP contribution in [0.15, 0.2) is 12.4 Å². The Hall–Kier alpha value is -1.27. The highest BCUT2D eigenvalue weighted by molar-refractivity contribution is 7.17. The van der Waals surface area contributed by atoms with Gasteiger partial charge in [0.25, 0.3) is 0 Å². The van der Waals surface area contributed by atoms with Gasteiger partial charge in [0, 0.05) is 13.1 Å². The summed E-state index contributed by atoms with van der Waals surface area (Å²) in [5.41, 5.74) is 1.35. The van der Waals surface area contributed by atoms with E-state index in [-0.39, 0.29) is 0 Å². The van der Waals surface area contributed by atoms with Crippen molar-refractivity contribution in [1.29, 1.82) is 0 Å². The van der Waals surface area contributed by atoms with E-state index in [1.54, 1.807) is 22.2 Å². The first kappa shape index (κ1) is 9.92. The van der Waals surface area contributed by atoms with Gasteiger partial charge in [0.05, 0.1) is 0 Å². The Morgan fingerprint density at radius 2 is 2.44 bits per heavy atom. The van der Waals surface area contributed by atoms with Crippen molar-refractivity contribution in [1.82, 2.24) is 24.7 Å². The third-order valence-corrected chi connectivity index (χ3v) is 3.89. The highest BCUT2D eigenvalue weighted by Crippen LogP contribution is 2.25. The van der Waals surface area contributed by atoms with E-state index >= 15 is 0 Å². The Kier molecular flexibility index (Phi) is 2.45. The topological polar surface area (TPSA) is 46.3 Å². The summed E-state index contributed by atoms with van der Waals surface area (Å²) in [4.78, 5) is 3.29. The van der Waals surface area contributed by atoms with Crippen LogP contribution < -0.4 is 0 Å². The smallest absolute Gasteiger partial charge is 0.234 e. The van der Waals surface area contributed by atoms with E-state index in [1.165, 1.54) is 5.57 Å². The molecule has 0 spiro atoms. The van der Waals surface area contributed by atoms with Crippen molar-refractivity contribution in [3.63, 3.8) is 0 Å². The first-order valence-electron chi connectivity index (χ1n) is 5.45. The van der Waals surface area contributed by atoms with Gasteiger partial charge in [-0.15, -0.1) is 10.2 Å². The van der Waals surface area contributed by atoms with Crippen molar-refractivity contribution < 1.29 is 0 Å². The molecular weight excluding hydrogens is 222 g/mol. The monoisotopic (exact) mass is 235 g/mol. The highest BCUT2D eigenvalue weighted by atomic mass is 32.1. The molecule has 0 saturated carbocycles. The van der Waals surface area contributed by atoms with Gasteiger partial charge in [-0.3, -0.25) is 4.90 Å². The molecule has 0 fully saturated rings. The minimum atomic E-state index is 0.869. The Labute approximate surface area is 97.4 Å². The average molecular weight is 235 g/mol. The molecule has 5 nitrogen and oxygen atoms in total. The fourth-order valence-corrected chi connectivity index (χ4v) is 2.77. The van der Waals surface area contributed by atoms with Gasteiger partial charge in [0.15, 0.2) is 0 Å². The molecule has 0 unspecified atom stereocenters. The minimum Gasteiger partial charge on any atom is -0.300 e. The lowest BCUT2D eigenvalue weighted by Gasteiger charge is -2.23. The summed E-state index contributed by atoms with van der Waals surface area (Å²) in [6.45, 7) is 5.48. The maximum Gasteiger partial charge on any atom is 0.234 e. The molecule has 3 heterocycles. The molecule has 3 rings (SSSR count). The lowest BCUT2D eigenvalue weighted by atomic mass is 10.1. The molecule has 0 saturated heterocycles. The van der Waals surface area contributed by atoms with E-state index in [2.05, 4.69) is 33.2 Å². The van der Waals surface area contributed by atoms with E-state index in [9.17, 15) is 0 Å². The highest BCUT2D eigenvalue weighted by Gasteiger charge is 2.15. The SMILES string of the molecule is CCN1CC=C(c2nn3cnnc3s2)CC1. The second-order valence-corrected chi connectivity index (χ2v) is 4.79. The van der Waals surface area contributed by atoms with Crippen LogP contribution in [-0.4, -0.2) is 44.3 Å². The van der Waals surface area contributed by atoms with Gasteiger partial charge in [0.2, 0.25) is 4.96 Å². The van der Waals surface area contributed by atoms with Crippen molar-refractivity contribution in [3.05, 3.63) is 17.4 Å². The van der Waals surface area contributed by atoms with Crippen LogP contribution in [0.3, 0.4) is 0 Å². The summed E-state index contributed by atoms with van der Waals surface area (Å²) < 4.78 is 1.74. The van der Waals surface area contributed by atoms with Crippen LogP contribution in [0, 0.1) is 0 Å². The number of rotatable bonds is 2. The molecule has 1 aliphatic heterocycles. The molecule has 16 heavy (non-hydrogen) atoms. The minimum absolute atomic E-state index is 0.869. The summed E-state index contributed by atoms with van der Waals surface area (Å²) in [5, 5.41) is 13.4. The molecular formula is C10H13N5S. The van der Waals surface area contributed by atoms with Gasteiger partial charge < -0.3 is 0 Å². The third kappa shape index (κ3) is 1.64. The molecule has 0 N–H and O–H groups in total. The van der Waals surface area contributed by atoms with Crippen LogP contribution in [0.5, 0.6) is 0 Å². The maximum absolute atomic E-state index is 4.47. The number of nitrogens with zero attached hydrogens (tertiary/aromatic N) is 5. The second kappa shape index (κ2) is 3.95. The van der Waals surface area contributed by atoms with Crippen LogP contribution in [0.25, 0.3) is 10.5 Å². The van der Waals surface area contributed by atoms with Gasteiger partial charge in [-0.25, -0.2) is 0 Å². The summed E-state index contributed by atoms with van der Waals surface area (Å²) in [7, 11) is 0. The maximum atomic E-state index is 4.47. The van der Waals surface area contributed by atoms with Crippen LogP contribution in [-0.2, 0) is 0 Å².